The Morgan fingerprint density at radius 3 is 2.39 bits per heavy atom. The molecular weight excluding hydrogens is 350 g/mol. The van der Waals surface area contributed by atoms with Crippen molar-refractivity contribution in [2.24, 2.45) is 11.7 Å². The first-order valence-electron chi connectivity index (χ1n) is 7.18. The van der Waals surface area contributed by atoms with Gasteiger partial charge in [-0.15, -0.1) is 0 Å². The third kappa shape index (κ3) is 3.01. The molecule has 6 heteroatoms. The van der Waals surface area contributed by atoms with Crippen LogP contribution in [-0.2, 0) is 9.84 Å². The molecule has 120 valence electrons. The number of thiocarbonyl (C=S) groups is 1. The van der Waals surface area contributed by atoms with E-state index in [9.17, 15) is 8.42 Å². The number of hydrogen-bond acceptors (Lipinski definition) is 3. The molecule has 2 aromatic rings. The van der Waals surface area contributed by atoms with Gasteiger partial charge in [-0.05, 0) is 36.8 Å². The monoisotopic (exact) mass is 365 g/mol. The van der Waals surface area contributed by atoms with Gasteiger partial charge in [0.1, 0.15) is 0 Å². The van der Waals surface area contributed by atoms with Crippen molar-refractivity contribution in [1.29, 1.82) is 0 Å². The van der Waals surface area contributed by atoms with E-state index in [1.54, 1.807) is 36.4 Å². The summed E-state index contributed by atoms with van der Waals surface area (Å²) in [6, 6.07) is 14.1. The lowest BCUT2D eigenvalue weighted by Crippen LogP contribution is -2.17. The van der Waals surface area contributed by atoms with Gasteiger partial charge in [0.25, 0.3) is 0 Å². The highest BCUT2D eigenvalue weighted by molar-refractivity contribution is 7.92. The van der Waals surface area contributed by atoms with Gasteiger partial charge < -0.3 is 5.73 Å². The van der Waals surface area contributed by atoms with E-state index >= 15 is 0 Å². The molecule has 1 aliphatic carbocycles. The average molecular weight is 366 g/mol. The van der Waals surface area contributed by atoms with Crippen LogP contribution in [-0.4, -0.2) is 18.7 Å². The molecule has 3 rings (SSSR count). The van der Waals surface area contributed by atoms with E-state index in [1.807, 2.05) is 19.1 Å². The number of hydrogen-bond donors (Lipinski definition) is 1. The quantitative estimate of drug-likeness (QED) is 0.842. The Hall–Kier alpha value is -1.43. The molecular formula is C17H16ClNO2S2. The van der Waals surface area contributed by atoms with E-state index in [1.165, 1.54) is 0 Å². The highest BCUT2D eigenvalue weighted by Gasteiger charge is 2.60. The smallest absolute Gasteiger partial charge is 0.182 e. The zero-order valence-electron chi connectivity index (χ0n) is 12.4. The predicted molar refractivity (Wildman–Crippen MR) is 96.6 cm³/mol. The fourth-order valence-electron chi connectivity index (χ4n) is 3.00. The highest BCUT2D eigenvalue weighted by atomic mass is 35.5. The molecule has 1 saturated carbocycles. The van der Waals surface area contributed by atoms with Crippen LogP contribution in [0.5, 0.6) is 0 Å². The molecule has 0 aromatic heterocycles. The second-order valence-electron chi connectivity index (χ2n) is 5.83. The molecule has 0 unspecified atom stereocenters. The first-order valence-corrected chi connectivity index (χ1v) is 9.51. The van der Waals surface area contributed by atoms with Crippen molar-refractivity contribution in [2.75, 3.05) is 0 Å². The summed E-state index contributed by atoms with van der Waals surface area (Å²) in [5.41, 5.74) is 7.66. The molecule has 1 aliphatic rings. The van der Waals surface area contributed by atoms with Gasteiger partial charge >= 0.3 is 0 Å². The van der Waals surface area contributed by atoms with Crippen LogP contribution >= 0.6 is 23.8 Å². The van der Waals surface area contributed by atoms with Crippen LogP contribution < -0.4 is 5.73 Å². The molecule has 0 radical (unpaired) electrons. The second kappa shape index (κ2) is 5.89. The molecule has 0 spiro atoms. The fourth-order valence-corrected chi connectivity index (χ4v) is 5.74. The molecule has 0 bridgehead atoms. The first kappa shape index (κ1) is 16.4. The van der Waals surface area contributed by atoms with Gasteiger partial charge in [0.2, 0.25) is 0 Å². The number of sulfone groups is 1. The van der Waals surface area contributed by atoms with Crippen LogP contribution in [0.2, 0.25) is 5.02 Å². The Morgan fingerprint density at radius 1 is 1.17 bits per heavy atom. The maximum atomic E-state index is 12.9. The van der Waals surface area contributed by atoms with E-state index in [-0.39, 0.29) is 16.8 Å². The summed E-state index contributed by atoms with van der Waals surface area (Å²) in [6.45, 7) is 1.92. The van der Waals surface area contributed by atoms with Gasteiger partial charge in [-0.2, -0.15) is 0 Å². The molecule has 2 N–H and O–H groups in total. The minimum Gasteiger partial charge on any atom is -0.393 e. The maximum absolute atomic E-state index is 12.9. The standard InChI is InChI=1S/C17H16ClNO2S2/c1-10-5-7-13(8-6-10)23(20,21)16-14(15(16)17(19)22)11-3-2-4-12(18)9-11/h2-9,14-16H,1H3,(H2,19,22)/t14-,15-,16+/m1/s1. The molecule has 3 atom stereocenters. The number of benzene rings is 2. The van der Waals surface area contributed by atoms with Crippen LogP contribution in [0.3, 0.4) is 0 Å². The number of nitrogens with two attached hydrogens (primary N) is 1. The van der Waals surface area contributed by atoms with Gasteiger partial charge in [0, 0.05) is 16.9 Å². The van der Waals surface area contributed by atoms with Crippen molar-refractivity contribution in [3.8, 4) is 0 Å². The number of rotatable bonds is 4. The van der Waals surface area contributed by atoms with Gasteiger partial charge in [0.05, 0.1) is 15.1 Å². The minimum atomic E-state index is -3.50. The molecule has 0 heterocycles. The van der Waals surface area contributed by atoms with E-state index < -0.39 is 15.1 Å². The van der Waals surface area contributed by atoms with Crippen LogP contribution in [0.1, 0.15) is 17.0 Å². The molecule has 0 amide bonds. The molecule has 0 aliphatic heterocycles. The summed E-state index contributed by atoms with van der Waals surface area (Å²) >= 11 is 11.1. The van der Waals surface area contributed by atoms with E-state index in [0.29, 0.717) is 9.92 Å². The minimum absolute atomic E-state index is 0.232. The molecule has 0 saturated heterocycles. The van der Waals surface area contributed by atoms with Gasteiger partial charge in [-0.25, -0.2) is 8.42 Å². The summed E-state index contributed by atoms with van der Waals surface area (Å²) in [6.07, 6.45) is 0. The van der Waals surface area contributed by atoms with Crippen molar-refractivity contribution in [3.05, 3.63) is 64.7 Å². The summed E-state index contributed by atoms with van der Waals surface area (Å²) in [5, 5.41) is -0.0521. The van der Waals surface area contributed by atoms with Crippen LogP contribution in [0.25, 0.3) is 0 Å². The van der Waals surface area contributed by atoms with E-state index in [4.69, 9.17) is 29.6 Å². The third-order valence-electron chi connectivity index (χ3n) is 4.22. The summed E-state index contributed by atoms with van der Waals surface area (Å²) in [5.74, 6) is -0.590. The Morgan fingerprint density at radius 2 is 1.83 bits per heavy atom. The van der Waals surface area contributed by atoms with Gasteiger partial charge in [-0.1, -0.05) is 53.6 Å². The predicted octanol–water partition coefficient (Wildman–Crippen LogP) is 3.49. The number of halogens is 1. The lowest BCUT2D eigenvalue weighted by Gasteiger charge is -2.05. The van der Waals surface area contributed by atoms with Crippen molar-refractivity contribution in [2.45, 2.75) is 23.0 Å². The zero-order chi connectivity index (χ0) is 16.8. The van der Waals surface area contributed by atoms with Crippen LogP contribution in [0.4, 0.5) is 0 Å². The summed E-state index contributed by atoms with van der Waals surface area (Å²) < 4.78 is 25.9. The van der Waals surface area contributed by atoms with Crippen molar-refractivity contribution >= 4 is 38.6 Å². The Kier molecular flexibility index (Phi) is 4.21. The van der Waals surface area contributed by atoms with Crippen molar-refractivity contribution < 1.29 is 8.42 Å². The van der Waals surface area contributed by atoms with Crippen LogP contribution in [0.15, 0.2) is 53.4 Å². The van der Waals surface area contributed by atoms with Crippen molar-refractivity contribution in [3.63, 3.8) is 0 Å². The van der Waals surface area contributed by atoms with Gasteiger partial charge in [0.15, 0.2) is 9.84 Å². The highest BCUT2D eigenvalue weighted by Crippen LogP contribution is 2.54. The second-order valence-corrected chi connectivity index (χ2v) is 8.85. The molecule has 1 fully saturated rings. The third-order valence-corrected chi connectivity index (χ3v) is 6.96. The number of aryl methyl sites for hydroxylation is 1. The Labute approximate surface area is 146 Å². The first-order chi connectivity index (χ1) is 10.8. The largest absolute Gasteiger partial charge is 0.393 e. The van der Waals surface area contributed by atoms with E-state index in [2.05, 4.69) is 0 Å². The average Bonchev–Trinajstić information content (AvgIpc) is 3.24. The SMILES string of the molecule is Cc1ccc(S(=O)(=O)[C@@H]2[C@H](C(N)=S)[C@H]2c2cccc(Cl)c2)cc1. The maximum Gasteiger partial charge on any atom is 0.182 e. The van der Waals surface area contributed by atoms with Gasteiger partial charge in [-0.3, -0.25) is 0 Å². The Bertz CT molecular complexity index is 862. The normalized spacial score (nSPS) is 23.5. The topological polar surface area (TPSA) is 60.2 Å². The van der Waals surface area contributed by atoms with E-state index in [0.717, 1.165) is 11.1 Å². The van der Waals surface area contributed by atoms with Crippen molar-refractivity contribution in [1.82, 2.24) is 0 Å². The Balaban J connectivity index is 2.00. The zero-order valence-corrected chi connectivity index (χ0v) is 14.8. The lowest BCUT2D eigenvalue weighted by atomic mass is 10.1. The molecule has 2 aromatic carbocycles. The summed E-state index contributed by atoms with van der Waals surface area (Å²) in [4.78, 5) is 0.537. The lowest BCUT2D eigenvalue weighted by molar-refractivity contribution is 0.593. The summed E-state index contributed by atoms with van der Waals surface area (Å²) in [7, 11) is -3.50. The van der Waals surface area contributed by atoms with Crippen LogP contribution in [0, 0.1) is 12.8 Å². The molecule has 3 nitrogen and oxygen atoms in total. The molecule has 23 heavy (non-hydrogen) atoms. The fraction of sp³-hybridized carbons (Fsp3) is 0.235.